The predicted octanol–water partition coefficient (Wildman–Crippen LogP) is 0.679. The molecule has 2 unspecified atom stereocenters. The van der Waals surface area contributed by atoms with Gasteiger partial charge in [0.1, 0.15) is 6.10 Å². The minimum absolute atomic E-state index is 0.0533. The number of unbranched alkanes of at least 4 members (excludes halogenated alkanes) is 3. The summed E-state index contributed by atoms with van der Waals surface area (Å²) in [7, 11) is 0. The van der Waals surface area contributed by atoms with E-state index >= 15 is 0 Å². The molecule has 1 aliphatic rings. The molecule has 0 heterocycles. The van der Waals surface area contributed by atoms with Crippen molar-refractivity contribution in [3.05, 3.63) is 0 Å². The summed E-state index contributed by atoms with van der Waals surface area (Å²) in [5, 5.41) is 34.6. The van der Waals surface area contributed by atoms with E-state index < -0.39 is 37.4 Å². The minimum Gasteiger partial charge on any atom is -0.464 e. The first-order valence-corrected chi connectivity index (χ1v) is 9.41. The molecule has 0 aromatic rings. The van der Waals surface area contributed by atoms with Gasteiger partial charge in [0, 0.05) is 0 Å². The zero-order chi connectivity index (χ0) is 19.8. The lowest BCUT2D eigenvalue weighted by Gasteiger charge is -2.22. The standard InChI is InChI=1S/C9H16O4.C9H18O4/c10-6-8(11)9(12)13-7-4-2-1-3-5-7;1-2-3-4-5-6-13-9(12)8(11)7-10/h7-8,10-11H,1-6H2;8,10-11H,2-7H2,1H3. The Balaban J connectivity index is 0.000000481. The van der Waals surface area contributed by atoms with Crippen molar-refractivity contribution in [3.8, 4) is 0 Å². The summed E-state index contributed by atoms with van der Waals surface area (Å²) in [6, 6.07) is 0. The Hall–Kier alpha value is -1.22. The minimum atomic E-state index is -1.38. The van der Waals surface area contributed by atoms with Crippen LogP contribution in [0.5, 0.6) is 0 Å². The Bertz CT molecular complexity index is 368. The molecular formula is C18H34O8. The Labute approximate surface area is 155 Å². The average molecular weight is 378 g/mol. The van der Waals surface area contributed by atoms with Gasteiger partial charge in [0.2, 0.25) is 0 Å². The van der Waals surface area contributed by atoms with Crippen LogP contribution in [0.25, 0.3) is 0 Å². The first-order chi connectivity index (χ1) is 12.5. The van der Waals surface area contributed by atoms with Gasteiger partial charge in [-0.2, -0.15) is 0 Å². The molecule has 2 atom stereocenters. The van der Waals surface area contributed by atoms with Crippen LogP contribution < -0.4 is 0 Å². The smallest absolute Gasteiger partial charge is 0.337 e. The maximum Gasteiger partial charge on any atom is 0.337 e. The van der Waals surface area contributed by atoms with Crippen LogP contribution in [0.2, 0.25) is 0 Å². The van der Waals surface area contributed by atoms with Crippen LogP contribution in [0.3, 0.4) is 0 Å². The largest absolute Gasteiger partial charge is 0.464 e. The molecule has 0 aromatic carbocycles. The second kappa shape index (κ2) is 16.0. The van der Waals surface area contributed by atoms with Crippen molar-refractivity contribution in [1.29, 1.82) is 0 Å². The first-order valence-electron chi connectivity index (χ1n) is 9.41. The van der Waals surface area contributed by atoms with Gasteiger partial charge in [-0.15, -0.1) is 0 Å². The normalized spacial score (nSPS) is 16.8. The molecule has 0 bridgehead atoms. The summed E-state index contributed by atoms with van der Waals surface area (Å²) in [5.74, 6) is -1.44. The van der Waals surface area contributed by atoms with Crippen LogP contribution in [-0.2, 0) is 19.1 Å². The second-order valence-corrected chi connectivity index (χ2v) is 6.32. The number of esters is 2. The Kier molecular flexibility index (Phi) is 15.2. The molecule has 8 nitrogen and oxygen atoms in total. The molecule has 0 aromatic heterocycles. The van der Waals surface area contributed by atoms with Gasteiger partial charge < -0.3 is 29.9 Å². The van der Waals surface area contributed by atoms with E-state index in [-0.39, 0.29) is 6.10 Å². The highest BCUT2D eigenvalue weighted by Gasteiger charge is 2.22. The van der Waals surface area contributed by atoms with Crippen molar-refractivity contribution in [3.63, 3.8) is 0 Å². The molecule has 0 aliphatic heterocycles. The maximum absolute atomic E-state index is 11.0. The number of hydrogen-bond acceptors (Lipinski definition) is 8. The van der Waals surface area contributed by atoms with E-state index in [4.69, 9.17) is 29.9 Å². The third-order valence-electron chi connectivity index (χ3n) is 3.97. The van der Waals surface area contributed by atoms with Crippen LogP contribution in [-0.4, -0.2) is 70.5 Å². The van der Waals surface area contributed by atoms with Crippen molar-refractivity contribution in [2.24, 2.45) is 0 Å². The number of aliphatic hydroxyl groups is 4. The summed E-state index contributed by atoms with van der Waals surface area (Å²) in [5.41, 5.74) is 0. The molecule has 4 N–H and O–H groups in total. The lowest BCUT2D eigenvalue weighted by atomic mass is 9.98. The molecule has 1 saturated carbocycles. The van der Waals surface area contributed by atoms with E-state index in [0.717, 1.165) is 51.4 Å². The van der Waals surface area contributed by atoms with Crippen molar-refractivity contribution < 1.29 is 39.5 Å². The monoisotopic (exact) mass is 378 g/mol. The summed E-state index contributed by atoms with van der Waals surface area (Å²) in [6.07, 6.45) is 6.39. The molecule has 1 fully saturated rings. The van der Waals surface area contributed by atoms with E-state index in [0.29, 0.717) is 6.61 Å². The molecular weight excluding hydrogens is 344 g/mol. The molecule has 26 heavy (non-hydrogen) atoms. The van der Waals surface area contributed by atoms with Gasteiger partial charge in [0.05, 0.1) is 19.8 Å². The van der Waals surface area contributed by atoms with Gasteiger partial charge in [-0.3, -0.25) is 0 Å². The third-order valence-corrected chi connectivity index (χ3v) is 3.97. The molecule has 1 rings (SSSR count). The number of carbonyl (C=O) groups is 2. The lowest BCUT2D eigenvalue weighted by Crippen LogP contribution is -2.31. The van der Waals surface area contributed by atoms with E-state index in [1.165, 1.54) is 6.42 Å². The Morgan fingerprint density at radius 1 is 0.923 bits per heavy atom. The van der Waals surface area contributed by atoms with Crippen molar-refractivity contribution >= 4 is 11.9 Å². The van der Waals surface area contributed by atoms with Crippen LogP contribution in [0.4, 0.5) is 0 Å². The van der Waals surface area contributed by atoms with Gasteiger partial charge in [-0.25, -0.2) is 9.59 Å². The SMILES string of the molecule is CCCCCCOC(=O)C(O)CO.O=C(OC1CCCCC1)C(O)CO. The quantitative estimate of drug-likeness (QED) is 0.322. The zero-order valence-corrected chi connectivity index (χ0v) is 15.6. The third kappa shape index (κ3) is 12.2. The van der Waals surface area contributed by atoms with E-state index in [1.807, 2.05) is 0 Å². The van der Waals surface area contributed by atoms with Crippen molar-refractivity contribution in [2.45, 2.75) is 83.0 Å². The number of carbonyl (C=O) groups excluding carboxylic acids is 2. The van der Waals surface area contributed by atoms with Crippen molar-refractivity contribution in [1.82, 2.24) is 0 Å². The number of rotatable bonds is 10. The molecule has 0 spiro atoms. The van der Waals surface area contributed by atoms with Gasteiger partial charge >= 0.3 is 11.9 Å². The highest BCUT2D eigenvalue weighted by Crippen LogP contribution is 2.20. The zero-order valence-electron chi connectivity index (χ0n) is 15.6. The van der Waals surface area contributed by atoms with Crippen LogP contribution >= 0.6 is 0 Å². The average Bonchev–Trinajstić information content (AvgIpc) is 2.67. The fourth-order valence-electron chi connectivity index (χ4n) is 2.37. The van der Waals surface area contributed by atoms with Crippen LogP contribution in [0.15, 0.2) is 0 Å². The van der Waals surface area contributed by atoms with Crippen molar-refractivity contribution in [2.75, 3.05) is 19.8 Å². The predicted molar refractivity (Wildman–Crippen MR) is 94.3 cm³/mol. The highest BCUT2D eigenvalue weighted by molar-refractivity contribution is 5.74. The number of aliphatic hydroxyl groups excluding tert-OH is 4. The molecule has 0 radical (unpaired) electrons. The van der Waals surface area contributed by atoms with E-state index in [9.17, 15) is 9.59 Å². The number of hydrogen-bond donors (Lipinski definition) is 4. The van der Waals surface area contributed by atoms with E-state index in [2.05, 4.69) is 6.92 Å². The molecule has 154 valence electrons. The fourth-order valence-corrected chi connectivity index (χ4v) is 2.37. The van der Waals surface area contributed by atoms with Gasteiger partial charge in [-0.1, -0.05) is 32.6 Å². The first kappa shape index (κ1) is 24.8. The summed E-state index contributed by atoms with van der Waals surface area (Å²) in [4.78, 5) is 21.8. The topological polar surface area (TPSA) is 134 Å². The lowest BCUT2D eigenvalue weighted by molar-refractivity contribution is -0.162. The highest BCUT2D eigenvalue weighted by atomic mass is 16.6. The Morgan fingerprint density at radius 2 is 1.50 bits per heavy atom. The molecule has 8 heteroatoms. The Morgan fingerprint density at radius 3 is 2.04 bits per heavy atom. The molecule has 1 aliphatic carbocycles. The fraction of sp³-hybridized carbons (Fsp3) is 0.889. The summed E-state index contributed by atoms with van der Waals surface area (Å²) >= 11 is 0. The van der Waals surface area contributed by atoms with Crippen LogP contribution in [0.1, 0.15) is 64.7 Å². The van der Waals surface area contributed by atoms with E-state index in [1.54, 1.807) is 0 Å². The van der Waals surface area contributed by atoms with Gasteiger partial charge in [0.15, 0.2) is 12.2 Å². The maximum atomic E-state index is 11.0. The second-order valence-electron chi connectivity index (χ2n) is 6.32. The molecule has 0 amide bonds. The van der Waals surface area contributed by atoms with Crippen LogP contribution in [0, 0.1) is 0 Å². The van der Waals surface area contributed by atoms with Gasteiger partial charge in [0.25, 0.3) is 0 Å². The summed E-state index contributed by atoms with van der Waals surface area (Å²) in [6.45, 7) is 1.29. The van der Waals surface area contributed by atoms with Gasteiger partial charge in [-0.05, 0) is 32.1 Å². The summed E-state index contributed by atoms with van der Waals surface area (Å²) < 4.78 is 9.69. The number of ether oxygens (including phenoxy) is 2. The molecule has 0 saturated heterocycles.